The number of alkyl carbamates (subject to hydrolysis) is 1. The van der Waals surface area contributed by atoms with Crippen LogP contribution < -0.4 is 10.6 Å². The molecule has 1 saturated carbocycles. The Balaban J connectivity index is 1.86. The molecule has 0 unspecified atom stereocenters. The first-order valence-electron chi connectivity index (χ1n) is 13.7. The molecule has 39 heavy (non-hydrogen) atoms. The standard InChI is InChI=1S/C32H44F2N2O3/c1-21-11-13-32(14-12-21,24-10-8-9-23(18-24)30(2,3)4)35-20-28(37)27(36-29(38)39-31(5,6)7)17-22-15-25(33)19-26(34)16-22/h8-10,15-16,18-19,27-28,35,37H,1,11-14,17,20H2,2-7H3,(H,36,38)/t27-,28+/m0/s1. The van der Waals surface area contributed by atoms with Gasteiger partial charge in [0, 0.05) is 18.2 Å². The van der Waals surface area contributed by atoms with Crippen molar-refractivity contribution in [2.75, 3.05) is 6.54 Å². The van der Waals surface area contributed by atoms with Gasteiger partial charge in [0.15, 0.2) is 0 Å². The Bertz CT molecular complexity index is 1140. The summed E-state index contributed by atoms with van der Waals surface area (Å²) in [6.07, 6.45) is 1.65. The van der Waals surface area contributed by atoms with Crippen molar-refractivity contribution in [3.8, 4) is 0 Å². The molecule has 0 radical (unpaired) electrons. The van der Waals surface area contributed by atoms with E-state index >= 15 is 0 Å². The van der Waals surface area contributed by atoms with Crippen LogP contribution in [0, 0.1) is 11.6 Å². The van der Waals surface area contributed by atoms with E-state index in [0.717, 1.165) is 37.3 Å². The Labute approximate surface area is 232 Å². The number of carbonyl (C=O) groups is 1. The first kappa shape index (κ1) is 30.8. The predicted molar refractivity (Wildman–Crippen MR) is 152 cm³/mol. The highest BCUT2D eigenvalue weighted by atomic mass is 19.1. The zero-order valence-corrected chi connectivity index (χ0v) is 24.2. The van der Waals surface area contributed by atoms with E-state index in [9.17, 15) is 18.7 Å². The van der Waals surface area contributed by atoms with Gasteiger partial charge in [0.2, 0.25) is 0 Å². The van der Waals surface area contributed by atoms with Crippen LogP contribution in [0.1, 0.15) is 83.9 Å². The van der Waals surface area contributed by atoms with Crippen molar-refractivity contribution in [2.24, 2.45) is 0 Å². The topological polar surface area (TPSA) is 70.6 Å². The monoisotopic (exact) mass is 542 g/mol. The highest BCUT2D eigenvalue weighted by Gasteiger charge is 2.36. The maximum atomic E-state index is 13.9. The van der Waals surface area contributed by atoms with Crippen LogP contribution in [0.15, 0.2) is 54.6 Å². The van der Waals surface area contributed by atoms with Crippen molar-refractivity contribution in [1.29, 1.82) is 0 Å². The lowest BCUT2D eigenvalue weighted by atomic mass is 9.73. The molecule has 0 bridgehead atoms. The zero-order chi connectivity index (χ0) is 29.0. The van der Waals surface area contributed by atoms with Gasteiger partial charge >= 0.3 is 6.09 Å². The van der Waals surface area contributed by atoms with Crippen LogP contribution in [-0.2, 0) is 22.1 Å². The smallest absolute Gasteiger partial charge is 0.407 e. The number of aliphatic hydroxyl groups excluding tert-OH is 1. The summed E-state index contributed by atoms with van der Waals surface area (Å²) in [6, 6.07) is 10.9. The molecule has 0 heterocycles. The lowest BCUT2D eigenvalue weighted by Gasteiger charge is -2.41. The quantitative estimate of drug-likeness (QED) is 0.326. The molecule has 2 aromatic rings. The minimum Gasteiger partial charge on any atom is -0.444 e. The van der Waals surface area contributed by atoms with Crippen LogP contribution in [0.4, 0.5) is 13.6 Å². The molecule has 0 aliphatic heterocycles. The molecule has 3 N–H and O–H groups in total. The van der Waals surface area contributed by atoms with Gasteiger partial charge in [-0.15, -0.1) is 0 Å². The van der Waals surface area contributed by atoms with Crippen molar-refractivity contribution in [3.05, 3.63) is 82.9 Å². The SMILES string of the molecule is C=C1CCC(NC[C@@H](O)[C@H](Cc2cc(F)cc(F)c2)NC(=O)OC(C)(C)C)(c2cccc(C(C)(C)C)c2)CC1. The number of carbonyl (C=O) groups excluding carboxylic acids is 1. The molecule has 1 fully saturated rings. The molecular weight excluding hydrogens is 498 g/mol. The van der Waals surface area contributed by atoms with E-state index in [-0.39, 0.29) is 23.9 Å². The van der Waals surface area contributed by atoms with Crippen molar-refractivity contribution >= 4 is 6.09 Å². The molecule has 0 spiro atoms. The molecule has 0 saturated heterocycles. The number of allylic oxidation sites excluding steroid dienone is 1. The largest absolute Gasteiger partial charge is 0.444 e. The molecule has 3 rings (SSSR count). The summed E-state index contributed by atoms with van der Waals surface area (Å²) in [4.78, 5) is 12.6. The number of amides is 1. The average Bonchev–Trinajstić information content (AvgIpc) is 2.81. The van der Waals surface area contributed by atoms with Gasteiger partial charge in [-0.25, -0.2) is 13.6 Å². The molecule has 2 atom stereocenters. The normalized spacial score (nSPS) is 17.4. The number of halogens is 2. The summed E-state index contributed by atoms with van der Waals surface area (Å²) in [6.45, 7) is 16.1. The third kappa shape index (κ3) is 8.87. The predicted octanol–water partition coefficient (Wildman–Crippen LogP) is 6.67. The fourth-order valence-corrected chi connectivity index (χ4v) is 5.05. The number of hydrogen-bond donors (Lipinski definition) is 3. The molecule has 7 heteroatoms. The summed E-state index contributed by atoms with van der Waals surface area (Å²) < 4.78 is 33.2. The Hall–Kier alpha value is -2.77. The summed E-state index contributed by atoms with van der Waals surface area (Å²) in [7, 11) is 0. The van der Waals surface area contributed by atoms with E-state index in [4.69, 9.17) is 4.74 Å². The molecule has 214 valence electrons. The van der Waals surface area contributed by atoms with Crippen molar-refractivity contribution in [1.82, 2.24) is 10.6 Å². The minimum atomic E-state index is -1.06. The number of rotatable bonds is 8. The lowest BCUT2D eigenvalue weighted by molar-refractivity contribution is 0.0409. The number of hydrogen-bond acceptors (Lipinski definition) is 4. The number of aliphatic hydroxyl groups is 1. The third-order valence-electron chi connectivity index (χ3n) is 7.29. The first-order chi connectivity index (χ1) is 18.1. The van der Waals surface area contributed by atoms with Crippen LogP contribution in [-0.4, -0.2) is 35.5 Å². The second-order valence-corrected chi connectivity index (χ2v) is 12.8. The van der Waals surface area contributed by atoms with E-state index < -0.39 is 35.5 Å². The Morgan fingerprint density at radius 2 is 1.67 bits per heavy atom. The molecule has 2 aromatic carbocycles. The summed E-state index contributed by atoms with van der Waals surface area (Å²) >= 11 is 0. The average molecular weight is 543 g/mol. The Morgan fingerprint density at radius 3 is 2.23 bits per heavy atom. The second kappa shape index (κ2) is 12.2. The van der Waals surface area contributed by atoms with Crippen molar-refractivity contribution in [2.45, 2.75) is 102 Å². The number of ether oxygens (including phenoxy) is 1. The zero-order valence-electron chi connectivity index (χ0n) is 24.2. The van der Waals surface area contributed by atoms with Crippen LogP contribution >= 0.6 is 0 Å². The Morgan fingerprint density at radius 1 is 1.05 bits per heavy atom. The van der Waals surface area contributed by atoms with Gasteiger partial charge in [-0.05, 0) is 87.1 Å². The molecule has 1 aliphatic rings. The summed E-state index contributed by atoms with van der Waals surface area (Å²) in [5.41, 5.74) is 2.77. The number of nitrogens with one attached hydrogen (secondary N) is 2. The van der Waals surface area contributed by atoms with Crippen molar-refractivity contribution < 1.29 is 23.4 Å². The summed E-state index contributed by atoms with van der Waals surface area (Å²) in [5, 5.41) is 17.7. The summed E-state index contributed by atoms with van der Waals surface area (Å²) in [5.74, 6) is -1.43. The van der Waals surface area contributed by atoms with Crippen molar-refractivity contribution in [3.63, 3.8) is 0 Å². The van der Waals surface area contributed by atoms with E-state index in [1.54, 1.807) is 20.8 Å². The molecule has 1 aliphatic carbocycles. The maximum absolute atomic E-state index is 13.9. The fraction of sp³-hybridized carbons (Fsp3) is 0.531. The highest BCUT2D eigenvalue weighted by Crippen LogP contribution is 2.40. The highest BCUT2D eigenvalue weighted by molar-refractivity contribution is 5.68. The van der Waals surface area contributed by atoms with E-state index in [1.807, 2.05) is 0 Å². The molecular formula is C32H44F2N2O3. The first-order valence-corrected chi connectivity index (χ1v) is 13.7. The van der Waals surface area contributed by atoms with Crippen LogP contribution in [0.5, 0.6) is 0 Å². The lowest BCUT2D eigenvalue weighted by Crippen LogP contribution is -2.54. The third-order valence-corrected chi connectivity index (χ3v) is 7.29. The van der Waals surface area contributed by atoms with Crippen LogP contribution in [0.2, 0.25) is 0 Å². The maximum Gasteiger partial charge on any atom is 0.407 e. The Kier molecular flexibility index (Phi) is 9.60. The molecule has 0 aromatic heterocycles. The second-order valence-electron chi connectivity index (χ2n) is 12.8. The van der Waals surface area contributed by atoms with Gasteiger partial charge in [0.1, 0.15) is 17.2 Å². The minimum absolute atomic E-state index is 0.0162. The van der Waals surface area contributed by atoms with Gasteiger partial charge in [-0.2, -0.15) is 0 Å². The van der Waals surface area contributed by atoms with Gasteiger partial charge in [-0.3, -0.25) is 0 Å². The molecule has 5 nitrogen and oxygen atoms in total. The van der Waals surface area contributed by atoms with E-state index in [2.05, 4.69) is 62.2 Å². The molecule has 1 amide bonds. The fourth-order valence-electron chi connectivity index (χ4n) is 5.05. The van der Waals surface area contributed by atoms with Gasteiger partial charge in [-0.1, -0.05) is 57.2 Å². The van der Waals surface area contributed by atoms with Crippen LogP contribution in [0.3, 0.4) is 0 Å². The van der Waals surface area contributed by atoms with E-state index in [0.29, 0.717) is 5.56 Å². The van der Waals surface area contributed by atoms with Gasteiger partial charge in [0.05, 0.1) is 12.1 Å². The van der Waals surface area contributed by atoms with Gasteiger partial charge in [0.25, 0.3) is 0 Å². The van der Waals surface area contributed by atoms with E-state index in [1.165, 1.54) is 23.3 Å². The van der Waals surface area contributed by atoms with Crippen LogP contribution in [0.25, 0.3) is 0 Å². The van der Waals surface area contributed by atoms with Gasteiger partial charge < -0.3 is 20.5 Å². The number of benzene rings is 2.